The maximum Gasteiger partial charge on any atom is 0.211 e. The van der Waals surface area contributed by atoms with Crippen LogP contribution in [0.2, 0.25) is 0 Å². The molecule has 0 unspecified atom stereocenters. The van der Waals surface area contributed by atoms with Crippen LogP contribution in [0.1, 0.15) is 129 Å². The molecule has 4 heterocycles. The SMILES string of the molecule is CC(C)(C)c1ccc(Nc2cc3c(cc2-c2c4c5c(c6cc(C(C)(C)C)ccc6n5-c5c(sc6ccc(C(C)(C)C)cc56)[B]4)c4oc5ccccc5c24)C(C)(C)c2ccccc2C3(C)C)cc1. The van der Waals surface area contributed by atoms with Crippen LogP contribution in [0.4, 0.5) is 11.4 Å². The van der Waals surface area contributed by atoms with Crippen LogP contribution in [0.3, 0.4) is 0 Å². The van der Waals surface area contributed by atoms with Gasteiger partial charge in [0.05, 0.1) is 22.1 Å². The quantitative estimate of drug-likeness (QED) is 0.179. The van der Waals surface area contributed by atoms with Crippen LogP contribution < -0.4 is 15.6 Å². The normalized spacial score (nSPS) is 15.3. The molecule has 3 nitrogen and oxygen atoms in total. The number of fused-ring (bicyclic) bond motifs is 13. The Labute approximate surface area is 400 Å². The highest BCUT2D eigenvalue weighted by Crippen LogP contribution is 2.54. The molecule has 12 rings (SSSR count). The average Bonchev–Trinajstić information content (AvgIpc) is 3.95. The summed E-state index contributed by atoms with van der Waals surface area (Å²) in [6.07, 6.45) is 0. The number of nitrogens with one attached hydrogen (secondary N) is 1. The van der Waals surface area contributed by atoms with Gasteiger partial charge in [0.15, 0.2) is 0 Å². The molecule has 1 aliphatic carbocycles. The third-order valence-corrected chi connectivity index (χ3v) is 16.7. The van der Waals surface area contributed by atoms with E-state index in [4.69, 9.17) is 4.42 Å². The molecule has 1 N–H and O–H groups in total. The molecule has 3 aromatic heterocycles. The van der Waals surface area contributed by atoms with Gasteiger partial charge >= 0.3 is 0 Å². The Kier molecular flexibility index (Phi) is 8.71. The van der Waals surface area contributed by atoms with E-state index in [1.807, 2.05) is 11.3 Å². The van der Waals surface area contributed by atoms with Crippen molar-refractivity contribution in [1.29, 1.82) is 0 Å². The maximum atomic E-state index is 7.31. The van der Waals surface area contributed by atoms with Crippen molar-refractivity contribution in [1.82, 2.24) is 4.57 Å². The summed E-state index contributed by atoms with van der Waals surface area (Å²) in [4.78, 5) is 0. The Morgan fingerprint density at radius 2 is 1.15 bits per heavy atom. The lowest BCUT2D eigenvalue weighted by Crippen LogP contribution is -2.37. The number of hydrogen-bond acceptors (Lipinski definition) is 3. The molecule has 0 atom stereocenters. The second-order valence-corrected chi connectivity index (χ2v) is 24.8. The molecule has 10 aromatic rings. The van der Waals surface area contributed by atoms with E-state index in [2.05, 4.69) is 228 Å². The van der Waals surface area contributed by atoms with E-state index in [-0.39, 0.29) is 27.1 Å². The zero-order chi connectivity index (χ0) is 46.9. The molecule has 0 bridgehead atoms. The number of hydrogen-bond donors (Lipinski definition) is 1. The fourth-order valence-electron chi connectivity index (χ4n) is 11.7. The lowest BCUT2D eigenvalue weighted by Gasteiger charge is -2.44. The molecule has 1 aliphatic heterocycles. The van der Waals surface area contributed by atoms with Crippen molar-refractivity contribution in [2.45, 2.75) is 117 Å². The van der Waals surface area contributed by atoms with E-state index in [1.165, 1.54) is 97.9 Å². The van der Waals surface area contributed by atoms with Gasteiger partial charge in [-0.2, -0.15) is 0 Å². The van der Waals surface area contributed by atoms with Crippen LogP contribution in [0.15, 0.2) is 126 Å². The van der Waals surface area contributed by atoms with E-state index in [1.54, 1.807) is 0 Å². The lowest BCUT2D eigenvalue weighted by atomic mass is 9.58. The molecule has 0 amide bonds. The van der Waals surface area contributed by atoms with Gasteiger partial charge in [-0.3, -0.25) is 0 Å². The van der Waals surface area contributed by atoms with Gasteiger partial charge in [-0.15, -0.1) is 11.3 Å². The van der Waals surface area contributed by atoms with Gasteiger partial charge in [0.1, 0.15) is 11.2 Å². The van der Waals surface area contributed by atoms with E-state index < -0.39 is 0 Å². The Morgan fingerprint density at radius 1 is 0.567 bits per heavy atom. The van der Waals surface area contributed by atoms with Gasteiger partial charge in [0.25, 0.3) is 0 Å². The van der Waals surface area contributed by atoms with Gasteiger partial charge in [-0.25, -0.2) is 0 Å². The molecule has 0 spiro atoms. The van der Waals surface area contributed by atoms with Crippen molar-refractivity contribution in [3.8, 4) is 16.8 Å². The Balaban J connectivity index is 1.26. The zero-order valence-corrected chi connectivity index (χ0v) is 42.2. The highest BCUT2D eigenvalue weighted by Gasteiger charge is 2.43. The molecule has 67 heavy (non-hydrogen) atoms. The monoisotopic (exact) mass is 891 g/mol. The lowest BCUT2D eigenvalue weighted by molar-refractivity contribution is 0.521. The molecule has 7 aromatic carbocycles. The number of benzene rings is 7. The molecule has 5 heteroatoms. The summed E-state index contributed by atoms with van der Waals surface area (Å²) in [5.41, 5.74) is 20.3. The van der Waals surface area contributed by atoms with Gasteiger partial charge in [-0.05, 0) is 126 Å². The minimum atomic E-state index is -0.257. The van der Waals surface area contributed by atoms with Crippen molar-refractivity contribution in [3.05, 3.63) is 160 Å². The largest absolute Gasteiger partial charge is 0.455 e. The standard InChI is InChI=1S/C62H60BN2OS/c1-58(2,3)34-22-26-37(27-23-34)64-46-33-45-44(61(10,11)42-19-15-16-20-43(42)62(45,12)13)32-39(46)50-51-38-18-14-17-21-48(38)66-56(51)52-40-30-35(59(4,5)6)24-28-47(40)65-54-41-31-36(60(7,8)9)25-29-49(41)67-57(54)63-53(50)55(52)65/h14-33,64H,1-13H3. The second-order valence-electron chi connectivity index (χ2n) is 23.7. The van der Waals surface area contributed by atoms with E-state index in [0.29, 0.717) is 0 Å². The fourth-order valence-corrected chi connectivity index (χ4v) is 12.8. The van der Waals surface area contributed by atoms with Crippen LogP contribution in [0.5, 0.6) is 0 Å². The van der Waals surface area contributed by atoms with E-state index in [9.17, 15) is 0 Å². The van der Waals surface area contributed by atoms with Crippen molar-refractivity contribution in [3.63, 3.8) is 0 Å². The summed E-state index contributed by atoms with van der Waals surface area (Å²) in [6, 6.07) is 46.3. The Hall–Kier alpha value is -6.04. The van der Waals surface area contributed by atoms with Crippen molar-refractivity contribution >= 4 is 94.1 Å². The molecular formula is C62H60BN2OS. The van der Waals surface area contributed by atoms with Crippen molar-refractivity contribution in [2.75, 3.05) is 5.32 Å². The van der Waals surface area contributed by atoms with Crippen molar-refractivity contribution < 1.29 is 4.42 Å². The minimum absolute atomic E-state index is 0.00830. The summed E-state index contributed by atoms with van der Waals surface area (Å²) in [7, 11) is 2.53. The predicted molar refractivity (Wildman–Crippen MR) is 290 cm³/mol. The summed E-state index contributed by atoms with van der Waals surface area (Å²) in [6.45, 7) is 30.4. The molecule has 2 aliphatic rings. The van der Waals surface area contributed by atoms with Gasteiger partial charge in [-0.1, -0.05) is 157 Å². The first-order valence-corrected chi connectivity index (χ1v) is 25.0. The first-order chi connectivity index (χ1) is 31.6. The number of nitrogens with zero attached hydrogens (tertiary/aromatic N) is 1. The number of para-hydroxylation sites is 1. The molecule has 1 radical (unpaired) electrons. The third-order valence-electron chi connectivity index (χ3n) is 15.6. The van der Waals surface area contributed by atoms with E-state index in [0.717, 1.165) is 33.3 Å². The maximum absolute atomic E-state index is 7.31. The predicted octanol–water partition coefficient (Wildman–Crippen LogP) is 16.1. The molecule has 333 valence electrons. The number of thiophene rings is 1. The zero-order valence-electron chi connectivity index (χ0n) is 41.4. The number of rotatable bonds is 3. The summed E-state index contributed by atoms with van der Waals surface area (Å²) >= 11 is 1.91. The van der Waals surface area contributed by atoms with Crippen LogP contribution in [0.25, 0.3) is 70.6 Å². The average molecular weight is 892 g/mol. The molecular weight excluding hydrogens is 832 g/mol. The smallest absolute Gasteiger partial charge is 0.211 e. The molecule has 0 saturated heterocycles. The van der Waals surface area contributed by atoms with Gasteiger partial charge in [0, 0.05) is 54.0 Å². The third kappa shape index (κ3) is 6.08. The van der Waals surface area contributed by atoms with Crippen molar-refractivity contribution in [2.24, 2.45) is 0 Å². The topological polar surface area (TPSA) is 30.1 Å². The Morgan fingerprint density at radius 3 is 1.81 bits per heavy atom. The summed E-state index contributed by atoms with van der Waals surface area (Å²) in [5.74, 6) is 0. The van der Waals surface area contributed by atoms with Crippen LogP contribution in [-0.2, 0) is 27.1 Å². The number of aromatic nitrogens is 1. The minimum Gasteiger partial charge on any atom is -0.455 e. The van der Waals surface area contributed by atoms with E-state index >= 15 is 0 Å². The fraction of sp³-hybridized carbons (Fsp3) is 0.290. The first kappa shape index (κ1) is 42.3. The van der Waals surface area contributed by atoms with Crippen LogP contribution in [-0.4, -0.2) is 11.8 Å². The molecule has 0 saturated carbocycles. The first-order valence-electron chi connectivity index (χ1n) is 24.2. The highest BCUT2D eigenvalue weighted by molar-refractivity contribution is 7.29. The van der Waals surface area contributed by atoms with Crippen LogP contribution >= 0.6 is 11.3 Å². The molecule has 0 fully saturated rings. The summed E-state index contributed by atoms with van der Waals surface area (Å²) < 4.78 is 12.5. The number of anilines is 2. The second kappa shape index (κ2) is 13.8. The number of furan rings is 1. The van der Waals surface area contributed by atoms with Crippen LogP contribution in [0, 0.1) is 0 Å². The van der Waals surface area contributed by atoms with Gasteiger partial charge < -0.3 is 14.3 Å². The van der Waals surface area contributed by atoms with Gasteiger partial charge in [0.2, 0.25) is 7.28 Å². The Bertz CT molecular complexity index is 3740. The summed E-state index contributed by atoms with van der Waals surface area (Å²) in [5, 5.41) is 10.1. The highest BCUT2D eigenvalue weighted by atomic mass is 32.1.